The van der Waals surface area contributed by atoms with Gasteiger partial charge >= 0.3 is 5.97 Å². The second-order valence-corrected chi connectivity index (χ2v) is 9.25. The number of Topliss-reactive ketones (excluding diaryl/α,β-unsaturated/α-hetero) is 1. The number of aryl methyl sites for hydroxylation is 1. The number of carbonyl (C=O) groups excluding carboxylic acids is 2. The van der Waals surface area contributed by atoms with Crippen molar-refractivity contribution in [3.63, 3.8) is 0 Å². The smallest absolute Gasteiger partial charge is 0.338 e. The number of ketones is 1. The lowest BCUT2D eigenvalue weighted by molar-refractivity contribution is 0.0474. The Balaban J connectivity index is 1.71. The van der Waals surface area contributed by atoms with Crippen LogP contribution in [0.25, 0.3) is 0 Å². The molecule has 2 aromatic carbocycles. The van der Waals surface area contributed by atoms with Gasteiger partial charge in [-0.2, -0.15) is 0 Å². The second-order valence-electron chi connectivity index (χ2n) is 7.54. The molecule has 1 saturated carbocycles. The summed E-state index contributed by atoms with van der Waals surface area (Å²) in [6.45, 7) is 7.37. The summed E-state index contributed by atoms with van der Waals surface area (Å²) in [6, 6.07) is 7.42. The SMILES string of the molecule is Cc1cc(C(=O)COC(=O)c2cccc(S(=O)(=O)NC3CC3)c2)c(C)c(C)c1C. The van der Waals surface area contributed by atoms with Gasteiger partial charge in [0.2, 0.25) is 15.8 Å². The molecule has 0 radical (unpaired) electrons. The molecule has 154 valence electrons. The van der Waals surface area contributed by atoms with Gasteiger partial charge in [-0.3, -0.25) is 4.79 Å². The van der Waals surface area contributed by atoms with E-state index in [2.05, 4.69) is 4.72 Å². The molecule has 29 heavy (non-hydrogen) atoms. The van der Waals surface area contributed by atoms with E-state index in [0.29, 0.717) is 5.56 Å². The molecule has 1 aliphatic rings. The van der Waals surface area contributed by atoms with Crippen LogP contribution in [0.2, 0.25) is 0 Å². The molecule has 0 aliphatic heterocycles. The van der Waals surface area contributed by atoms with Crippen LogP contribution in [0.5, 0.6) is 0 Å². The Hall–Kier alpha value is -2.51. The molecule has 0 aromatic heterocycles. The average Bonchev–Trinajstić information content (AvgIpc) is 3.50. The summed E-state index contributed by atoms with van der Waals surface area (Å²) in [4.78, 5) is 25.0. The lowest BCUT2D eigenvalue weighted by Crippen LogP contribution is -2.26. The lowest BCUT2D eigenvalue weighted by atomic mass is 9.93. The molecule has 0 saturated heterocycles. The highest BCUT2D eigenvalue weighted by Crippen LogP contribution is 2.23. The van der Waals surface area contributed by atoms with Crippen molar-refractivity contribution in [3.05, 3.63) is 63.7 Å². The van der Waals surface area contributed by atoms with Crippen LogP contribution in [0, 0.1) is 27.7 Å². The zero-order valence-electron chi connectivity index (χ0n) is 17.0. The van der Waals surface area contributed by atoms with Gasteiger partial charge in [-0.15, -0.1) is 0 Å². The van der Waals surface area contributed by atoms with E-state index in [4.69, 9.17) is 4.74 Å². The lowest BCUT2D eigenvalue weighted by Gasteiger charge is -2.13. The summed E-state index contributed by atoms with van der Waals surface area (Å²) in [5.41, 5.74) is 4.67. The fourth-order valence-electron chi connectivity index (χ4n) is 3.07. The quantitative estimate of drug-likeness (QED) is 0.553. The second kappa shape index (κ2) is 8.08. The average molecular weight is 416 g/mol. The van der Waals surface area contributed by atoms with Crippen LogP contribution in [-0.2, 0) is 14.8 Å². The molecule has 1 fully saturated rings. The summed E-state index contributed by atoms with van der Waals surface area (Å²) >= 11 is 0. The molecule has 1 N–H and O–H groups in total. The van der Waals surface area contributed by atoms with Crippen molar-refractivity contribution >= 4 is 21.8 Å². The van der Waals surface area contributed by atoms with Crippen molar-refractivity contribution < 1.29 is 22.7 Å². The van der Waals surface area contributed by atoms with E-state index in [-0.39, 0.29) is 22.3 Å². The first-order valence-electron chi connectivity index (χ1n) is 9.50. The first-order valence-corrected chi connectivity index (χ1v) is 11.0. The minimum Gasteiger partial charge on any atom is -0.454 e. The topological polar surface area (TPSA) is 89.5 Å². The summed E-state index contributed by atoms with van der Waals surface area (Å²) in [7, 11) is -3.67. The van der Waals surface area contributed by atoms with Crippen LogP contribution >= 0.6 is 0 Å². The number of carbonyl (C=O) groups is 2. The predicted molar refractivity (Wildman–Crippen MR) is 110 cm³/mol. The number of nitrogens with one attached hydrogen (secondary N) is 1. The summed E-state index contributed by atoms with van der Waals surface area (Å²) < 4.78 is 32.4. The molecule has 7 heteroatoms. The Kier molecular flexibility index (Phi) is 5.91. The highest BCUT2D eigenvalue weighted by atomic mass is 32.2. The molecule has 0 atom stereocenters. The van der Waals surface area contributed by atoms with Gasteiger partial charge in [-0.05, 0) is 87.1 Å². The number of benzene rings is 2. The van der Waals surface area contributed by atoms with Gasteiger partial charge in [0, 0.05) is 11.6 Å². The Morgan fingerprint density at radius 3 is 2.38 bits per heavy atom. The number of hydrogen-bond donors (Lipinski definition) is 1. The minimum atomic E-state index is -3.67. The Morgan fingerprint density at radius 2 is 1.72 bits per heavy atom. The van der Waals surface area contributed by atoms with Gasteiger partial charge in [0.15, 0.2) is 6.61 Å². The van der Waals surface area contributed by atoms with Crippen LogP contribution in [-0.4, -0.2) is 32.8 Å². The van der Waals surface area contributed by atoms with E-state index in [0.717, 1.165) is 35.1 Å². The minimum absolute atomic E-state index is 0.00538. The number of rotatable bonds is 7. The van der Waals surface area contributed by atoms with Crippen molar-refractivity contribution in [3.8, 4) is 0 Å². The molecule has 0 heterocycles. The first kappa shape index (κ1) is 21.2. The molecule has 0 amide bonds. The van der Waals surface area contributed by atoms with Gasteiger partial charge in [0.1, 0.15) is 0 Å². The maximum absolute atomic E-state index is 12.6. The molecule has 0 spiro atoms. The van der Waals surface area contributed by atoms with E-state index in [1.54, 1.807) is 0 Å². The maximum Gasteiger partial charge on any atom is 0.338 e. The normalized spacial score (nSPS) is 13.9. The maximum atomic E-state index is 12.6. The third-order valence-electron chi connectivity index (χ3n) is 5.40. The fraction of sp³-hybridized carbons (Fsp3) is 0.364. The largest absolute Gasteiger partial charge is 0.454 e. The highest BCUT2D eigenvalue weighted by molar-refractivity contribution is 7.89. The van der Waals surface area contributed by atoms with E-state index >= 15 is 0 Å². The first-order chi connectivity index (χ1) is 13.6. The summed E-state index contributed by atoms with van der Waals surface area (Å²) in [6.07, 6.45) is 1.64. The number of hydrogen-bond acceptors (Lipinski definition) is 5. The van der Waals surface area contributed by atoms with Gasteiger partial charge in [0.25, 0.3) is 0 Å². The molecule has 0 bridgehead atoms. The van der Waals surface area contributed by atoms with Crippen LogP contribution in [0.1, 0.15) is 55.8 Å². The zero-order valence-corrected chi connectivity index (χ0v) is 17.9. The summed E-state index contributed by atoms with van der Waals surface area (Å²) in [5.74, 6) is -1.03. The predicted octanol–water partition coefficient (Wildman–Crippen LogP) is 3.40. The van der Waals surface area contributed by atoms with Crippen molar-refractivity contribution in [1.29, 1.82) is 0 Å². The van der Waals surface area contributed by atoms with Gasteiger partial charge in [0.05, 0.1) is 10.5 Å². The number of esters is 1. The zero-order chi connectivity index (χ0) is 21.3. The van der Waals surface area contributed by atoms with Crippen molar-refractivity contribution in [2.45, 2.75) is 51.5 Å². The molecule has 3 rings (SSSR count). The van der Waals surface area contributed by atoms with Crippen LogP contribution in [0.4, 0.5) is 0 Å². The molecular weight excluding hydrogens is 390 g/mol. The van der Waals surface area contributed by atoms with E-state index in [1.807, 2.05) is 33.8 Å². The molecule has 1 aliphatic carbocycles. The van der Waals surface area contributed by atoms with Crippen LogP contribution in [0.3, 0.4) is 0 Å². The number of sulfonamides is 1. The van der Waals surface area contributed by atoms with E-state index < -0.39 is 22.6 Å². The standard InChI is InChI=1S/C22H25NO5S/c1-13-10-20(16(4)15(3)14(13)2)21(24)12-28-22(25)17-6-5-7-19(11-17)29(26,27)23-18-8-9-18/h5-7,10-11,18,23H,8-9,12H2,1-4H3. The molecule has 0 unspecified atom stereocenters. The molecule has 6 nitrogen and oxygen atoms in total. The third kappa shape index (κ3) is 4.74. The third-order valence-corrected chi connectivity index (χ3v) is 6.91. The van der Waals surface area contributed by atoms with E-state index in [9.17, 15) is 18.0 Å². The molecular formula is C22H25NO5S. The Bertz CT molecular complexity index is 1080. The highest BCUT2D eigenvalue weighted by Gasteiger charge is 2.28. The van der Waals surface area contributed by atoms with Crippen LogP contribution in [0.15, 0.2) is 35.2 Å². The van der Waals surface area contributed by atoms with Gasteiger partial charge in [-0.25, -0.2) is 17.9 Å². The Morgan fingerprint density at radius 1 is 1.03 bits per heavy atom. The monoisotopic (exact) mass is 415 g/mol. The van der Waals surface area contributed by atoms with Gasteiger partial charge in [-0.1, -0.05) is 6.07 Å². The van der Waals surface area contributed by atoms with Crippen molar-refractivity contribution in [1.82, 2.24) is 4.72 Å². The summed E-state index contributed by atoms with van der Waals surface area (Å²) in [5, 5.41) is 0. The van der Waals surface area contributed by atoms with E-state index in [1.165, 1.54) is 24.3 Å². The molecule has 2 aromatic rings. The fourth-order valence-corrected chi connectivity index (χ4v) is 4.42. The van der Waals surface area contributed by atoms with Crippen molar-refractivity contribution in [2.24, 2.45) is 0 Å². The van der Waals surface area contributed by atoms with Gasteiger partial charge < -0.3 is 4.74 Å². The number of ether oxygens (including phenoxy) is 1. The van der Waals surface area contributed by atoms with Crippen LogP contribution < -0.4 is 4.72 Å². The van der Waals surface area contributed by atoms with Crippen molar-refractivity contribution in [2.75, 3.05) is 6.61 Å². The Labute approximate surface area is 171 Å².